The standard InChI is InChI=1S/C22H25IO6/c1-25-22(26-2,17-6-10-18(11-7-17)27-13-3-12-23)21(24)16-4-8-19(9-5-16)28-14-20-15-29-20/h4-11,20H,3,12-15H2,1-2H3. The molecule has 2 aromatic carbocycles. The van der Waals surface area contributed by atoms with Crippen molar-refractivity contribution in [3.05, 3.63) is 59.7 Å². The summed E-state index contributed by atoms with van der Waals surface area (Å²) < 4.78 is 28.7. The van der Waals surface area contributed by atoms with E-state index < -0.39 is 5.79 Å². The van der Waals surface area contributed by atoms with Crippen LogP contribution in [-0.2, 0) is 20.0 Å². The molecule has 1 heterocycles. The van der Waals surface area contributed by atoms with Gasteiger partial charge in [-0.2, -0.15) is 0 Å². The van der Waals surface area contributed by atoms with Gasteiger partial charge in [-0.1, -0.05) is 22.6 Å². The topological polar surface area (TPSA) is 66.5 Å². The third-order valence-electron chi connectivity index (χ3n) is 4.61. The largest absolute Gasteiger partial charge is 0.494 e. The molecule has 1 fully saturated rings. The Balaban J connectivity index is 1.74. The van der Waals surface area contributed by atoms with E-state index in [0.29, 0.717) is 30.1 Å². The quantitative estimate of drug-likeness (QED) is 0.107. The SMILES string of the molecule is COC(OC)(C(=O)c1ccc(OCC2CO2)cc1)c1ccc(OCCCI)cc1. The highest BCUT2D eigenvalue weighted by Crippen LogP contribution is 2.32. The highest BCUT2D eigenvalue weighted by atomic mass is 127. The number of Topliss-reactive ketones (excluding diaryl/α,β-unsaturated/α-hetero) is 1. The van der Waals surface area contributed by atoms with E-state index in [2.05, 4.69) is 22.6 Å². The van der Waals surface area contributed by atoms with Gasteiger partial charge < -0.3 is 23.7 Å². The fourth-order valence-electron chi connectivity index (χ4n) is 2.90. The average molecular weight is 512 g/mol. The van der Waals surface area contributed by atoms with Crippen LogP contribution in [0.2, 0.25) is 0 Å². The summed E-state index contributed by atoms with van der Waals surface area (Å²) in [6.07, 6.45) is 1.16. The summed E-state index contributed by atoms with van der Waals surface area (Å²) in [5, 5.41) is 0. The molecule has 0 saturated carbocycles. The van der Waals surface area contributed by atoms with Gasteiger partial charge in [0.1, 0.15) is 24.2 Å². The van der Waals surface area contributed by atoms with E-state index in [4.69, 9.17) is 23.7 Å². The van der Waals surface area contributed by atoms with E-state index in [1.54, 1.807) is 36.4 Å². The van der Waals surface area contributed by atoms with Gasteiger partial charge >= 0.3 is 0 Å². The van der Waals surface area contributed by atoms with Gasteiger partial charge in [0, 0.05) is 29.8 Å². The molecule has 0 bridgehead atoms. The van der Waals surface area contributed by atoms with Crippen LogP contribution in [0, 0.1) is 0 Å². The Hall–Kier alpha value is -1.68. The van der Waals surface area contributed by atoms with Crippen LogP contribution in [0.4, 0.5) is 0 Å². The van der Waals surface area contributed by atoms with Crippen molar-refractivity contribution in [3.8, 4) is 11.5 Å². The Labute approximate surface area is 184 Å². The van der Waals surface area contributed by atoms with Crippen LogP contribution >= 0.6 is 22.6 Å². The first-order valence-electron chi connectivity index (χ1n) is 9.42. The first-order valence-corrected chi connectivity index (χ1v) is 10.9. The van der Waals surface area contributed by atoms with Gasteiger partial charge in [-0.25, -0.2) is 0 Å². The number of carbonyl (C=O) groups is 1. The first-order chi connectivity index (χ1) is 14.1. The fraction of sp³-hybridized carbons (Fsp3) is 0.409. The molecule has 0 N–H and O–H groups in total. The number of ether oxygens (including phenoxy) is 5. The number of halogens is 1. The van der Waals surface area contributed by atoms with Crippen molar-refractivity contribution < 1.29 is 28.5 Å². The smallest absolute Gasteiger partial charge is 0.260 e. The second-order valence-electron chi connectivity index (χ2n) is 6.56. The first kappa shape index (κ1) is 22.0. The van der Waals surface area contributed by atoms with Crippen molar-refractivity contribution in [3.63, 3.8) is 0 Å². The third-order valence-corrected chi connectivity index (χ3v) is 5.37. The summed E-state index contributed by atoms with van der Waals surface area (Å²) >= 11 is 2.32. The lowest BCUT2D eigenvalue weighted by Crippen LogP contribution is -2.40. The molecule has 6 nitrogen and oxygen atoms in total. The summed E-state index contributed by atoms with van der Waals surface area (Å²) in [5.74, 6) is -0.401. The van der Waals surface area contributed by atoms with Crippen LogP contribution in [0.25, 0.3) is 0 Å². The number of rotatable bonds is 12. The average Bonchev–Trinajstić information content (AvgIpc) is 3.59. The van der Waals surface area contributed by atoms with Crippen molar-refractivity contribution >= 4 is 28.4 Å². The second-order valence-corrected chi connectivity index (χ2v) is 7.64. The lowest BCUT2D eigenvalue weighted by atomic mass is 9.95. The van der Waals surface area contributed by atoms with Gasteiger partial charge in [0.2, 0.25) is 5.78 Å². The van der Waals surface area contributed by atoms with Crippen LogP contribution in [0.1, 0.15) is 22.3 Å². The maximum atomic E-state index is 13.3. The molecular weight excluding hydrogens is 487 g/mol. The number of benzene rings is 2. The van der Waals surface area contributed by atoms with Gasteiger partial charge in [-0.05, 0) is 55.0 Å². The molecule has 2 aromatic rings. The zero-order chi connectivity index (χ0) is 20.7. The summed E-state index contributed by atoms with van der Waals surface area (Å²) in [7, 11) is 2.92. The Bertz CT molecular complexity index is 782. The molecule has 7 heteroatoms. The highest BCUT2D eigenvalue weighted by molar-refractivity contribution is 14.1. The molecule has 1 atom stereocenters. The predicted molar refractivity (Wildman–Crippen MR) is 117 cm³/mol. The van der Waals surface area contributed by atoms with Crippen molar-refractivity contribution in [1.29, 1.82) is 0 Å². The van der Waals surface area contributed by atoms with E-state index in [1.807, 2.05) is 12.1 Å². The van der Waals surface area contributed by atoms with Gasteiger partial charge in [-0.3, -0.25) is 4.79 Å². The molecule has 1 unspecified atom stereocenters. The lowest BCUT2D eigenvalue weighted by molar-refractivity contribution is -0.176. The van der Waals surface area contributed by atoms with Crippen LogP contribution in [0.3, 0.4) is 0 Å². The minimum absolute atomic E-state index is 0.180. The van der Waals surface area contributed by atoms with E-state index >= 15 is 0 Å². The number of epoxide rings is 1. The van der Waals surface area contributed by atoms with Gasteiger partial charge in [0.15, 0.2) is 0 Å². The predicted octanol–water partition coefficient (Wildman–Crippen LogP) is 4.00. The zero-order valence-corrected chi connectivity index (χ0v) is 18.7. The lowest BCUT2D eigenvalue weighted by Gasteiger charge is -2.30. The summed E-state index contributed by atoms with van der Waals surface area (Å²) in [4.78, 5) is 13.3. The molecule has 0 spiro atoms. The number of hydrogen-bond acceptors (Lipinski definition) is 6. The number of alkyl halides is 1. The van der Waals surface area contributed by atoms with Crippen LogP contribution in [0.5, 0.6) is 11.5 Å². The van der Waals surface area contributed by atoms with Crippen LogP contribution in [-0.4, -0.2) is 50.4 Å². The molecule has 0 radical (unpaired) electrons. The molecule has 3 rings (SSSR count). The van der Waals surface area contributed by atoms with E-state index in [0.717, 1.165) is 23.2 Å². The monoisotopic (exact) mass is 512 g/mol. The van der Waals surface area contributed by atoms with Gasteiger partial charge in [0.05, 0.1) is 13.2 Å². The fourth-order valence-corrected chi connectivity index (χ4v) is 3.21. The van der Waals surface area contributed by atoms with Gasteiger partial charge in [-0.15, -0.1) is 0 Å². The third kappa shape index (κ3) is 5.48. The van der Waals surface area contributed by atoms with Crippen molar-refractivity contribution in [1.82, 2.24) is 0 Å². The summed E-state index contributed by atoms with van der Waals surface area (Å²) in [6.45, 7) is 1.91. The van der Waals surface area contributed by atoms with Crippen molar-refractivity contribution in [2.24, 2.45) is 0 Å². The number of ketones is 1. The Morgan fingerprint density at radius 1 is 1.03 bits per heavy atom. The minimum atomic E-state index is -1.54. The summed E-state index contributed by atoms with van der Waals surface area (Å²) in [5.41, 5.74) is 1.06. The molecule has 156 valence electrons. The molecule has 29 heavy (non-hydrogen) atoms. The van der Waals surface area contributed by atoms with Gasteiger partial charge in [0.25, 0.3) is 5.79 Å². The summed E-state index contributed by atoms with van der Waals surface area (Å²) in [6, 6.07) is 14.2. The van der Waals surface area contributed by atoms with Crippen LogP contribution < -0.4 is 9.47 Å². The van der Waals surface area contributed by atoms with E-state index in [-0.39, 0.29) is 11.9 Å². The van der Waals surface area contributed by atoms with E-state index in [9.17, 15) is 4.79 Å². The van der Waals surface area contributed by atoms with E-state index in [1.165, 1.54) is 14.2 Å². The molecule has 0 aromatic heterocycles. The van der Waals surface area contributed by atoms with Crippen molar-refractivity contribution in [2.75, 3.05) is 38.5 Å². The normalized spacial score (nSPS) is 15.8. The zero-order valence-electron chi connectivity index (χ0n) is 16.6. The molecule has 0 aliphatic carbocycles. The minimum Gasteiger partial charge on any atom is -0.494 e. The molecular formula is C22H25IO6. The number of hydrogen-bond donors (Lipinski definition) is 0. The molecule has 1 aliphatic heterocycles. The number of carbonyl (C=O) groups excluding carboxylic acids is 1. The number of methoxy groups -OCH3 is 2. The Kier molecular flexibility index (Phi) is 7.88. The Morgan fingerprint density at radius 2 is 1.62 bits per heavy atom. The molecule has 1 saturated heterocycles. The second kappa shape index (κ2) is 10.4. The maximum Gasteiger partial charge on any atom is 0.260 e. The maximum absolute atomic E-state index is 13.3. The molecule has 0 amide bonds. The Morgan fingerprint density at radius 3 is 2.17 bits per heavy atom. The highest BCUT2D eigenvalue weighted by Gasteiger charge is 2.41. The van der Waals surface area contributed by atoms with Crippen LogP contribution in [0.15, 0.2) is 48.5 Å². The van der Waals surface area contributed by atoms with Crippen molar-refractivity contribution in [2.45, 2.75) is 18.3 Å². The molecule has 1 aliphatic rings.